The molecule has 0 aliphatic heterocycles. The second kappa shape index (κ2) is 8.84. The van der Waals surface area contributed by atoms with Gasteiger partial charge in [-0.1, -0.05) is 0 Å². The van der Waals surface area contributed by atoms with Gasteiger partial charge in [-0.05, 0) is 25.1 Å². The predicted octanol–water partition coefficient (Wildman–Crippen LogP) is 3.37. The minimum absolute atomic E-state index is 0.303. The highest BCUT2D eigenvalue weighted by Gasteiger charge is 2.16. The van der Waals surface area contributed by atoms with Crippen LogP contribution in [0.5, 0.6) is 28.7 Å². The first kappa shape index (κ1) is 19.2. The summed E-state index contributed by atoms with van der Waals surface area (Å²) in [5.74, 6) is 2.13. The third kappa shape index (κ3) is 4.11. The lowest BCUT2D eigenvalue weighted by molar-refractivity contribution is 0.102. The molecule has 0 radical (unpaired) electrons. The summed E-state index contributed by atoms with van der Waals surface area (Å²) >= 11 is 0. The minimum Gasteiger partial charge on any atom is -0.493 e. The van der Waals surface area contributed by atoms with E-state index in [-0.39, 0.29) is 5.91 Å². The molecule has 1 amide bonds. The summed E-state index contributed by atoms with van der Waals surface area (Å²) in [7, 11) is 6.10. The zero-order valence-corrected chi connectivity index (χ0v) is 15.5. The first-order chi connectivity index (χ1) is 12.6. The fourth-order valence-corrected chi connectivity index (χ4v) is 2.44. The van der Waals surface area contributed by atoms with Crippen molar-refractivity contribution < 1.29 is 28.5 Å². The smallest absolute Gasteiger partial charge is 0.255 e. The van der Waals surface area contributed by atoms with E-state index in [0.29, 0.717) is 46.6 Å². The average molecular weight is 361 g/mol. The number of benzene rings is 2. The van der Waals surface area contributed by atoms with Gasteiger partial charge in [-0.15, -0.1) is 0 Å². The lowest BCUT2D eigenvalue weighted by Crippen LogP contribution is -2.12. The van der Waals surface area contributed by atoms with Crippen LogP contribution in [-0.2, 0) is 0 Å². The van der Waals surface area contributed by atoms with Crippen molar-refractivity contribution in [2.45, 2.75) is 6.92 Å². The van der Waals surface area contributed by atoms with E-state index < -0.39 is 0 Å². The topological polar surface area (TPSA) is 75.3 Å². The third-order valence-corrected chi connectivity index (χ3v) is 3.65. The van der Waals surface area contributed by atoms with Gasteiger partial charge in [0.25, 0.3) is 5.91 Å². The van der Waals surface area contributed by atoms with E-state index in [1.807, 2.05) is 6.92 Å². The summed E-state index contributed by atoms with van der Waals surface area (Å²) in [5.41, 5.74) is 0.946. The summed E-state index contributed by atoms with van der Waals surface area (Å²) in [6.07, 6.45) is 0. The Bertz CT molecular complexity index is 750. The highest BCUT2D eigenvalue weighted by atomic mass is 16.5. The molecule has 2 rings (SSSR count). The van der Waals surface area contributed by atoms with Crippen molar-refractivity contribution in [3.05, 3.63) is 35.9 Å². The number of ether oxygens (including phenoxy) is 5. The molecule has 0 heterocycles. The number of carbonyl (C=O) groups excluding carboxylic acids is 1. The average Bonchev–Trinajstić information content (AvgIpc) is 2.67. The van der Waals surface area contributed by atoms with Crippen LogP contribution in [0.2, 0.25) is 0 Å². The molecule has 0 bridgehead atoms. The molecule has 0 atom stereocenters. The van der Waals surface area contributed by atoms with Crippen LogP contribution in [-0.4, -0.2) is 41.0 Å². The molecule has 1 N–H and O–H groups in total. The monoisotopic (exact) mass is 361 g/mol. The van der Waals surface area contributed by atoms with Gasteiger partial charge in [-0.25, -0.2) is 0 Å². The SMILES string of the molecule is CCOc1cc(C(=O)Nc2cc(OC)c(OC)c(OC)c2)ccc1OC. The number of anilines is 1. The second-order valence-corrected chi connectivity index (χ2v) is 5.17. The Morgan fingerprint density at radius 3 is 1.96 bits per heavy atom. The number of hydrogen-bond donors (Lipinski definition) is 1. The van der Waals surface area contributed by atoms with Gasteiger partial charge in [0, 0.05) is 23.4 Å². The molecule has 0 aliphatic rings. The van der Waals surface area contributed by atoms with Gasteiger partial charge >= 0.3 is 0 Å². The Balaban J connectivity index is 2.31. The first-order valence-electron chi connectivity index (χ1n) is 8.00. The Labute approximate surface area is 152 Å². The summed E-state index contributed by atoms with van der Waals surface area (Å²) in [6.45, 7) is 2.33. The minimum atomic E-state index is -0.303. The molecule has 7 nitrogen and oxygen atoms in total. The van der Waals surface area contributed by atoms with Crippen molar-refractivity contribution in [3.8, 4) is 28.7 Å². The van der Waals surface area contributed by atoms with Gasteiger partial charge in [0.1, 0.15) is 0 Å². The van der Waals surface area contributed by atoms with E-state index in [1.165, 1.54) is 21.3 Å². The van der Waals surface area contributed by atoms with Crippen LogP contribution >= 0.6 is 0 Å². The van der Waals surface area contributed by atoms with Crippen LogP contribution in [0, 0.1) is 0 Å². The van der Waals surface area contributed by atoms with Crippen molar-refractivity contribution in [1.82, 2.24) is 0 Å². The molecular weight excluding hydrogens is 338 g/mol. The number of carbonyl (C=O) groups is 1. The zero-order valence-electron chi connectivity index (χ0n) is 15.5. The Hall–Kier alpha value is -3.09. The van der Waals surface area contributed by atoms with E-state index >= 15 is 0 Å². The normalized spacial score (nSPS) is 10.0. The predicted molar refractivity (Wildman–Crippen MR) is 98.2 cm³/mol. The third-order valence-electron chi connectivity index (χ3n) is 3.65. The van der Waals surface area contributed by atoms with E-state index in [2.05, 4.69) is 5.32 Å². The number of rotatable bonds is 8. The van der Waals surface area contributed by atoms with E-state index in [9.17, 15) is 4.79 Å². The molecule has 0 unspecified atom stereocenters. The van der Waals surface area contributed by atoms with Gasteiger partial charge < -0.3 is 29.0 Å². The van der Waals surface area contributed by atoms with Crippen molar-refractivity contribution in [3.63, 3.8) is 0 Å². The Morgan fingerprint density at radius 1 is 0.846 bits per heavy atom. The van der Waals surface area contributed by atoms with Gasteiger partial charge in [0.2, 0.25) is 5.75 Å². The molecule has 0 fully saturated rings. The standard InChI is InChI=1S/C19H23NO6/c1-6-26-15-9-12(7-8-14(15)22-2)19(21)20-13-10-16(23-3)18(25-5)17(11-13)24-4/h7-11H,6H2,1-5H3,(H,20,21). The lowest BCUT2D eigenvalue weighted by atomic mass is 10.1. The van der Waals surface area contributed by atoms with Gasteiger partial charge in [0.05, 0.1) is 35.0 Å². The van der Waals surface area contributed by atoms with Crippen molar-refractivity contribution >= 4 is 11.6 Å². The Morgan fingerprint density at radius 2 is 1.46 bits per heavy atom. The molecule has 0 spiro atoms. The van der Waals surface area contributed by atoms with E-state index in [1.54, 1.807) is 37.4 Å². The largest absolute Gasteiger partial charge is 0.493 e. The maximum atomic E-state index is 12.6. The molecule has 0 aromatic heterocycles. The maximum absolute atomic E-state index is 12.6. The van der Waals surface area contributed by atoms with Crippen LogP contribution in [0.4, 0.5) is 5.69 Å². The molecule has 0 saturated carbocycles. The van der Waals surface area contributed by atoms with Crippen molar-refractivity contribution in [2.24, 2.45) is 0 Å². The summed E-state index contributed by atoms with van der Waals surface area (Å²) in [5, 5.41) is 2.81. The lowest BCUT2D eigenvalue weighted by Gasteiger charge is -2.15. The van der Waals surface area contributed by atoms with E-state index in [4.69, 9.17) is 23.7 Å². The quantitative estimate of drug-likeness (QED) is 0.777. The molecule has 140 valence electrons. The maximum Gasteiger partial charge on any atom is 0.255 e. The first-order valence-corrected chi connectivity index (χ1v) is 8.00. The number of hydrogen-bond acceptors (Lipinski definition) is 6. The molecule has 0 aliphatic carbocycles. The fourth-order valence-electron chi connectivity index (χ4n) is 2.44. The van der Waals surface area contributed by atoms with Gasteiger partial charge in [-0.2, -0.15) is 0 Å². The Kier molecular flexibility index (Phi) is 6.54. The molecule has 0 saturated heterocycles. The van der Waals surface area contributed by atoms with Crippen LogP contribution < -0.4 is 29.0 Å². The van der Waals surface area contributed by atoms with Crippen LogP contribution in [0.25, 0.3) is 0 Å². The van der Waals surface area contributed by atoms with Crippen LogP contribution in [0.3, 0.4) is 0 Å². The zero-order chi connectivity index (χ0) is 19.1. The van der Waals surface area contributed by atoms with Crippen molar-refractivity contribution in [1.29, 1.82) is 0 Å². The summed E-state index contributed by atoms with van der Waals surface area (Å²) in [4.78, 5) is 12.6. The number of amides is 1. The molecule has 2 aromatic carbocycles. The molecule has 26 heavy (non-hydrogen) atoms. The van der Waals surface area contributed by atoms with Crippen molar-refractivity contribution in [2.75, 3.05) is 40.4 Å². The molecule has 7 heteroatoms. The van der Waals surface area contributed by atoms with Crippen LogP contribution in [0.15, 0.2) is 30.3 Å². The highest BCUT2D eigenvalue weighted by molar-refractivity contribution is 6.05. The van der Waals surface area contributed by atoms with Gasteiger partial charge in [0.15, 0.2) is 23.0 Å². The summed E-state index contributed by atoms with van der Waals surface area (Å²) < 4.78 is 26.6. The summed E-state index contributed by atoms with van der Waals surface area (Å²) in [6, 6.07) is 8.30. The molecular formula is C19H23NO6. The van der Waals surface area contributed by atoms with E-state index in [0.717, 1.165) is 0 Å². The second-order valence-electron chi connectivity index (χ2n) is 5.17. The van der Waals surface area contributed by atoms with Gasteiger partial charge in [-0.3, -0.25) is 4.79 Å². The van der Waals surface area contributed by atoms with Crippen LogP contribution in [0.1, 0.15) is 17.3 Å². The number of nitrogens with one attached hydrogen (secondary N) is 1. The fraction of sp³-hybridized carbons (Fsp3) is 0.316. The number of methoxy groups -OCH3 is 4. The highest BCUT2D eigenvalue weighted by Crippen LogP contribution is 2.40. The molecule has 2 aromatic rings.